The third-order valence-electron chi connectivity index (χ3n) is 4.29. The highest BCUT2D eigenvalue weighted by Crippen LogP contribution is 2.21. The predicted octanol–water partition coefficient (Wildman–Crippen LogP) is 5.24. The highest BCUT2D eigenvalue weighted by molar-refractivity contribution is 5.95. The number of nitrogens with one attached hydrogen (secondary N) is 1. The van der Waals surface area contributed by atoms with E-state index in [2.05, 4.69) is 57.3 Å². The normalized spacial score (nSPS) is 12.3. The molecule has 0 aliphatic heterocycles. The summed E-state index contributed by atoms with van der Waals surface area (Å²) >= 11 is 0. The fourth-order valence-corrected chi connectivity index (χ4v) is 2.63. The van der Waals surface area contributed by atoms with Crippen LogP contribution in [-0.4, -0.2) is 5.91 Å². The maximum Gasteiger partial charge on any atom is 0.231 e. The molecule has 1 N–H and O–H groups in total. The summed E-state index contributed by atoms with van der Waals surface area (Å²) in [4.78, 5) is 12.5. The molecule has 2 nitrogen and oxygen atoms in total. The van der Waals surface area contributed by atoms with Gasteiger partial charge in [-0.15, -0.1) is 0 Å². The van der Waals surface area contributed by atoms with Gasteiger partial charge in [-0.3, -0.25) is 4.79 Å². The van der Waals surface area contributed by atoms with Gasteiger partial charge in [0.25, 0.3) is 0 Å². The molecule has 2 aromatic rings. The second kappa shape index (κ2) is 7.45. The molecule has 0 aliphatic carbocycles. The van der Waals surface area contributed by atoms with E-state index in [-0.39, 0.29) is 11.8 Å². The molecule has 0 aliphatic rings. The summed E-state index contributed by atoms with van der Waals surface area (Å²) in [5, 5.41) is 3.02. The largest absolute Gasteiger partial charge is 0.326 e. The average Bonchev–Trinajstić information content (AvgIpc) is 2.50. The molecule has 1 unspecified atom stereocenters. The lowest BCUT2D eigenvalue weighted by Gasteiger charge is -2.14. The molecule has 1 amide bonds. The Morgan fingerprint density at radius 2 is 1.61 bits per heavy atom. The van der Waals surface area contributed by atoms with Gasteiger partial charge in [-0.25, -0.2) is 0 Å². The van der Waals surface area contributed by atoms with E-state index in [1.807, 2.05) is 25.1 Å². The first kappa shape index (κ1) is 17.3. The van der Waals surface area contributed by atoms with E-state index >= 15 is 0 Å². The number of aryl methyl sites for hydroxylation is 2. The number of carbonyl (C=O) groups excluding carboxylic acids is 1. The molecule has 0 spiro atoms. The van der Waals surface area contributed by atoms with Crippen LogP contribution in [0.25, 0.3) is 0 Å². The summed E-state index contributed by atoms with van der Waals surface area (Å²) < 4.78 is 0. The molecule has 0 saturated heterocycles. The van der Waals surface area contributed by atoms with Crippen LogP contribution in [0.2, 0.25) is 0 Å². The Labute approximate surface area is 139 Å². The molecule has 0 heterocycles. The Kier molecular flexibility index (Phi) is 5.59. The van der Waals surface area contributed by atoms with Crippen molar-refractivity contribution in [1.82, 2.24) is 0 Å². The van der Waals surface area contributed by atoms with Crippen molar-refractivity contribution in [3.05, 3.63) is 64.7 Å². The van der Waals surface area contributed by atoms with Gasteiger partial charge in [-0.2, -0.15) is 0 Å². The maximum absolute atomic E-state index is 12.5. The summed E-state index contributed by atoms with van der Waals surface area (Å²) in [6.45, 7) is 10.5. The van der Waals surface area contributed by atoms with E-state index in [0.717, 1.165) is 17.7 Å². The number of hydrogen-bond donors (Lipinski definition) is 1. The molecule has 23 heavy (non-hydrogen) atoms. The van der Waals surface area contributed by atoms with Gasteiger partial charge in [0, 0.05) is 5.69 Å². The number of carbonyl (C=O) groups is 1. The molecule has 0 bridgehead atoms. The fraction of sp³-hybridized carbons (Fsp3) is 0.381. The second-order valence-corrected chi connectivity index (χ2v) is 6.85. The van der Waals surface area contributed by atoms with Crippen molar-refractivity contribution in [1.29, 1.82) is 0 Å². The summed E-state index contributed by atoms with van der Waals surface area (Å²) in [5.41, 5.74) is 5.66. The Morgan fingerprint density at radius 3 is 2.17 bits per heavy atom. The van der Waals surface area contributed by atoms with Gasteiger partial charge < -0.3 is 5.32 Å². The van der Waals surface area contributed by atoms with Crippen molar-refractivity contribution in [3.63, 3.8) is 0 Å². The maximum atomic E-state index is 12.5. The third-order valence-corrected chi connectivity index (χ3v) is 4.29. The van der Waals surface area contributed by atoms with Crippen LogP contribution < -0.4 is 5.32 Å². The summed E-state index contributed by atoms with van der Waals surface area (Å²) in [6, 6.07) is 14.4. The first-order valence-corrected chi connectivity index (χ1v) is 8.33. The van der Waals surface area contributed by atoms with E-state index in [1.54, 1.807) is 0 Å². The monoisotopic (exact) mass is 309 g/mol. The van der Waals surface area contributed by atoms with Crippen LogP contribution >= 0.6 is 0 Å². The lowest BCUT2D eigenvalue weighted by molar-refractivity contribution is -0.117. The van der Waals surface area contributed by atoms with Crippen molar-refractivity contribution in [3.8, 4) is 0 Å². The van der Waals surface area contributed by atoms with Crippen LogP contribution in [0.3, 0.4) is 0 Å². The molecule has 0 fully saturated rings. The van der Waals surface area contributed by atoms with Gasteiger partial charge in [0.15, 0.2) is 0 Å². The van der Waals surface area contributed by atoms with E-state index in [9.17, 15) is 4.79 Å². The van der Waals surface area contributed by atoms with Crippen LogP contribution in [0.15, 0.2) is 42.5 Å². The summed E-state index contributed by atoms with van der Waals surface area (Å²) in [5.74, 6) is 0.515. The van der Waals surface area contributed by atoms with Crippen LogP contribution in [0.1, 0.15) is 48.9 Å². The SMILES string of the molecule is Cc1ccc(NC(=O)C(C)c2ccc(CC(C)C)cc2)cc1C. The molecular formula is C21H27NO. The number of hydrogen-bond acceptors (Lipinski definition) is 1. The van der Waals surface area contributed by atoms with E-state index in [4.69, 9.17) is 0 Å². The average molecular weight is 309 g/mol. The summed E-state index contributed by atoms with van der Waals surface area (Å²) in [6.07, 6.45) is 1.07. The Balaban J connectivity index is 2.05. The molecule has 0 saturated carbocycles. The van der Waals surface area contributed by atoms with Gasteiger partial charge in [0.05, 0.1) is 5.92 Å². The Morgan fingerprint density at radius 1 is 0.957 bits per heavy atom. The quantitative estimate of drug-likeness (QED) is 0.803. The Hall–Kier alpha value is -2.09. The smallest absolute Gasteiger partial charge is 0.231 e. The number of anilines is 1. The van der Waals surface area contributed by atoms with Gasteiger partial charge in [0.1, 0.15) is 0 Å². The van der Waals surface area contributed by atoms with Gasteiger partial charge >= 0.3 is 0 Å². The first-order chi connectivity index (χ1) is 10.9. The van der Waals surface area contributed by atoms with Crippen LogP contribution in [0.5, 0.6) is 0 Å². The Bertz CT molecular complexity index is 671. The minimum Gasteiger partial charge on any atom is -0.326 e. The van der Waals surface area contributed by atoms with E-state index < -0.39 is 0 Å². The molecule has 0 aromatic heterocycles. The number of amides is 1. The highest BCUT2D eigenvalue weighted by Gasteiger charge is 2.15. The second-order valence-electron chi connectivity index (χ2n) is 6.85. The zero-order chi connectivity index (χ0) is 17.0. The van der Waals surface area contributed by atoms with Crippen molar-refractivity contribution in [2.45, 2.75) is 47.0 Å². The predicted molar refractivity (Wildman–Crippen MR) is 97.9 cm³/mol. The van der Waals surface area contributed by atoms with Gasteiger partial charge in [-0.1, -0.05) is 44.2 Å². The zero-order valence-corrected chi connectivity index (χ0v) is 14.8. The standard InChI is InChI=1S/C21H27NO/c1-14(2)12-18-7-9-19(10-8-18)17(5)21(23)22-20-11-6-15(3)16(4)13-20/h6-11,13-14,17H,12H2,1-5H3,(H,22,23). The topological polar surface area (TPSA) is 29.1 Å². The van der Waals surface area contributed by atoms with Gasteiger partial charge in [-0.05, 0) is 67.5 Å². The number of rotatable bonds is 5. The molecule has 0 radical (unpaired) electrons. The zero-order valence-electron chi connectivity index (χ0n) is 14.8. The van der Waals surface area contributed by atoms with Crippen molar-refractivity contribution in [2.24, 2.45) is 5.92 Å². The lowest BCUT2D eigenvalue weighted by Crippen LogP contribution is -2.19. The molecular weight excluding hydrogens is 282 g/mol. The minimum atomic E-state index is -0.162. The number of benzene rings is 2. The van der Waals surface area contributed by atoms with Crippen LogP contribution in [0.4, 0.5) is 5.69 Å². The first-order valence-electron chi connectivity index (χ1n) is 8.33. The fourth-order valence-electron chi connectivity index (χ4n) is 2.63. The van der Waals surface area contributed by atoms with E-state index in [0.29, 0.717) is 5.92 Å². The van der Waals surface area contributed by atoms with Crippen molar-refractivity contribution in [2.75, 3.05) is 5.32 Å². The third kappa shape index (κ3) is 4.69. The van der Waals surface area contributed by atoms with Gasteiger partial charge in [0.2, 0.25) is 5.91 Å². The van der Waals surface area contributed by atoms with Crippen molar-refractivity contribution < 1.29 is 4.79 Å². The molecule has 2 aromatic carbocycles. The molecule has 2 heteroatoms. The summed E-state index contributed by atoms with van der Waals surface area (Å²) in [7, 11) is 0. The molecule has 1 atom stereocenters. The van der Waals surface area contributed by atoms with Crippen molar-refractivity contribution >= 4 is 11.6 Å². The minimum absolute atomic E-state index is 0.0323. The van der Waals surface area contributed by atoms with E-state index in [1.165, 1.54) is 16.7 Å². The van der Waals surface area contributed by atoms with Crippen LogP contribution in [-0.2, 0) is 11.2 Å². The molecule has 2 rings (SSSR count). The van der Waals surface area contributed by atoms with Crippen LogP contribution in [0, 0.1) is 19.8 Å². The lowest BCUT2D eigenvalue weighted by atomic mass is 9.96. The highest BCUT2D eigenvalue weighted by atomic mass is 16.1. The molecule has 122 valence electrons.